The highest BCUT2D eigenvalue weighted by atomic mass is 32.1. The maximum Gasteiger partial charge on any atom is 0.188 e. The van der Waals surface area contributed by atoms with Gasteiger partial charge in [-0.2, -0.15) is 0 Å². The first-order valence-electron chi connectivity index (χ1n) is 10.6. The lowest BCUT2D eigenvalue weighted by Gasteiger charge is -2.08. The number of aryl methyl sites for hydroxylation is 2. The minimum absolute atomic E-state index is 0.514. The second-order valence-electron chi connectivity index (χ2n) is 8.29. The van der Waals surface area contributed by atoms with Gasteiger partial charge in [-0.25, -0.2) is 15.0 Å². The third-order valence-electron chi connectivity index (χ3n) is 5.79. The van der Waals surface area contributed by atoms with Crippen molar-refractivity contribution in [3.05, 3.63) is 76.2 Å². The van der Waals surface area contributed by atoms with E-state index in [0.717, 1.165) is 38.0 Å². The highest BCUT2D eigenvalue weighted by Gasteiger charge is 2.15. The lowest BCUT2D eigenvalue weighted by atomic mass is 9.99. The van der Waals surface area contributed by atoms with Crippen molar-refractivity contribution in [3.8, 4) is 22.4 Å². The van der Waals surface area contributed by atoms with Gasteiger partial charge in [-0.05, 0) is 48.1 Å². The van der Waals surface area contributed by atoms with Gasteiger partial charge in [-0.15, -0.1) is 22.7 Å². The Kier molecular flexibility index (Phi) is 5.49. The summed E-state index contributed by atoms with van der Waals surface area (Å²) in [6.07, 6.45) is 1.62. The van der Waals surface area contributed by atoms with Crippen molar-refractivity contribution < 1.29 is 0 Å². The Labute approximate surface area is 196 Å². The minimum atomic E-state index is 0.514. The Morgan fingerprint density at radius 1 is 0.844 bits per heavy atom. The number of nitrogens with zero attached hydrogens (tertiary/aromatic N) is 3. The second-order valence-corrected chi connectivity index (χ2v) is 10.0. The van der Waals surface area contributed by atoms with Gasteiger partial charge in [0.1, 0.15) is 17.0 Å². The fourth-order valence-corrected chi connectivity index (χ4v) is 5.33. The number of thiophene rings is 1. The highest BCUT2D eigenvalue weighted by Crippen LogP contribution is 2.38. The van der Waals surface area contributed by atoms with E-state index in [1.54, 1.807) is 29.0 Å². The molecule has 5 aromatic rings. The molecule has 5 rings (SSSR count). The molecule has 3 heterocycles. The molecule has 0 aliphatic rings. The Balaban J connectivity index is 1.49. The third kappa shape index (κ3) is 3.92. The van der Waals surface area contributed by atoms with Crippen LogP contribution in [0.25, 0.3) is 32.6 Å². The molecule has 2 aromatic carbocycles. The van der Waals surface area contributed by atoms with Crippen LogP contribution in [0.1, 0.15) is 36.5 Å². The molecule has 0 saturated heterocycles. The monoisotopic (exact) mass is 456 g/mol. The van der Waals surface area contributed by atoms with Gasteiger partial charge in [0.2, 0.25) is 0 Å². The Bertz CT molecular complexity index is 1400. The van der Waals surface area contributed by atoms with E-state index in [9.17, 15) is 0 Å². The number of thiazole rings is 1. The molecule has 0 atom stereocenters. The summed E-state index contributed by atoms with van der Waals surface area (Å²) in [4.78, 5) is 14.9. The molecular formula is C26H24N4S2. The third-order valence-corrected chi connectivity index (χ3v) is 7.43. The summed E-state index contributed by atoms with van der Waals surface area (Å²) in [6, 6.07) is 15.3. The smallest absolute Gasteiger partial charge is 0.188 e. The van der Waals surface area contributed by atoms with Crippen LogP contribution >= 0.6 is 22.7 Å². The first-order chi connectivity index (χ1) is 15.5. The molecule has 1 N–H and O–H groups in total. The molecule has 4 nitrogen and oxygen atoms in total. The van der Waals surface area contributed by atoms with Gasteiger partial charge in [-0.1, -0.05) is 50.2 Å². The van der Waals surface area contributed by atoms with Gasteiger partial charge in [-0.3, -0.25) is 0 Å². The molecule has 0 unspecified atom stereocenters. The zero-order valence-corrected chi connectivity index (χ0v) is 20.1. The first-order valence-corrected chi connectivity index (χ1v) is 12.4. The van der Waals surface area contributed by atoms with Crippen LogP contribution in [0.2, 0.25) is 0 Å². The van der Waals surface area contributed by atoms with Crippen LogP contribution in [-0.4, -0.2) is 15.0 Å². The first kappa shape index (κ1) is 20.8. The molecule has 6 heteroatoms. The van der Waals surface area contributed by atoms with Gasteiger partial charge in [0, 0.05) is 21.9 Å². The van der Waals surface area contributed by atoms with Gasteiger partial charge in [0.25, 0.3) is 0 Å². The lowest BCUT2D eigenvalue weighted by Crippen LogP contribution is -1.95. The van der Waals surface area contributed by atoms with Crippen LogP contribution in [0.15, 0.2) is 59.6 Å². The van der Waals surface area contributed by atoms with E-state index in [0.29, 0.717) is 5.92 Å². The number of hydrogen-bond donors (Lipinski definition) is 1. The fraction of sp³-hybridized carbons (Fsp3) is 0.192. The maximum absolute atomic E-state index is 4.82. The summed E-state index contributed by atoms with van der Waals surface area (Å²) in [5.74, 6) is 1.31. The SMILES string of the molecule is Cc1ccc(-c2csc(Nc3ncnc4scc(-c5ccc(C(C)C)cc5)c34)n2)cc1C. The van der Waals surface area contributed by atoms with Crippen LogP contribution in [-0.2, 0) is 0 Å². The summed E-state index contributed by atoms with van der Waals surface area (Å²) in [5, 5.41) is 9.57. The Hall–Kier alpha value is -3.09. The molecule has 0 saturated carbocycles. The van der Waals surface area contributed by atoms with Gasteiger partial charge < -0.3 is 5.32 Å². The lowest BCUT2D eigenvalue weighted by molar-refractivity contribution is 0.867. The van der Waals surface area contributed by atoms with Crippen LogP contribution < -0.4 is 5.32 Å². The van der Waals surface area contributed by atoms with Gasteiger partial charge >= 0.3 is 0 Å². The van der Waals surface area contributed by atoms with Gasteiger partial charge in [0.05, 0.1) is 11.1 Å². The molecule has 0 aliphatic heterocycles. The number of fused-ring (bicyclic) bond motifs is 1. The molecule has 160 valence electrons. The van der Waals surface area contributed by atoms with Crippen LogP contribution in [0.3, 0.4) is 0 Å². The van der Waals surface area contributed by atoms with E-state index in [2.05, 4.69) is 96.2 Å². The Morgan fingerprint density at radius 2 is 1.62 bits per heavy atom. The van der Waals surface area contributed by atoms with Crippen LogP contribution in [0, 0.1) is 13.8 Å². The average molecular weight is 457 g/mol. The number of benzene rings is 2. The van der Waals surface area contributed by atoms with Crippen LogP contribution in [0.4, 0.5) is 10.9 Å². The molecule has 3 aromatic heterocycles. The zero-order chi connectivity index (χ0) is 22.2. The van der Waals surface area contributed by atoms with E-state index in [4.69, 9.17) is 4.98 Å². The largest absolute Gasteiger partial charge is 0.316 e. The second kappa shape index (κ2) is 8.45. The summed E-state index contributed by atoms with van der Waals surface area (Å²) < 4.78 is 0. The topological polar surface area (TPSA) is 50.7 Å². The van der Waals surface area contributed by atoms with Crippen molar-refractivity contribution >= 4 is 43.8 Å². The molecule has 0 aliphatic carbocycles. The summed E-state index contributed by atoms with van der Waals surface area (Å²) >= 11 is 3.23. The maximum atomic E-state index is 4.82. The van der Waals surface area contributed by atoms with Crippen LogP contribution in [0.5, 0.6) is 0 Å². The molecule has 0 fully saturated rings. The summed E-state index contributed by atoms with van der Waals surface area (Å²) in [5.41, 5.74) is 8.32. The molecule has 0 amide bonds. The summed E-state index contributed by atoms with van der Waals surface area (Å²) in [6.45, 7) is 8.69. The van der Waals surface area contributed by atoms with E-state index in [-0.39, 0.29) is 0 Å². The molecule has 0 spiro atoms. The zero-order valence-electron chi connectivity index (χ0n) is 18.5. The Morgan fingerprint density at radius 3 is 2.38 bits per heavy atom. The highest BCUT2D eigenvalue weighted by molar-refractivity contribution is 7.17. The molecule has 32 heavy (non-hydrogen) atoms. The number of nitrogens with one attached hydrogen (secondary N) is 1. The van der Waals surface area contributed by atoms with E-state index in [1.807, 2.05) is 0 Å². The predicted molar refractivity (Wildman–Crippen MR) is 137 cm³/mol. The standard InChI is InChI=1S/C26H24N4S2/c1-15(2)18-7-9-19(10-8-18)21-12-31-25-23(21)24(27-14-28-25)30-26-29-22(13-32-26)20-6-5-16(3)17(4)11-20/h5-15H,1-4H3,(H,27,28,29,30). The molecular weight excluding hydrogens is 432 g/mol. The van der Waals surface area contributed by atoms with Crippen molar-refractivity contribution in [2.24, 2.45) is 0 Å². The van der Waals surface area contributed by atoms with E-state index >= 15 is 0 Å². The number of aromatic nitrogens is 3. The van der Waals surface area contributed by atoms with Crippen molar-refractivity contribution in [1.29, 1.82) is 0 Å². The molecule has 0 bridgehead atoms. The van der Waals surface area contributed by atoms with E-state index < -0.39 is 0 Å². The van der Waals surface area contributed by atoms with Crippen molar-refractivity contribution in [1.82, 2.24) is 15.0 Å². The minimum Gasteiger partial charge on any atom is -0.316 e. The fourth-order valence-electron chi connectivity index (χ4n) is 3.70. The predicted octanol–water partition coefficient (Wildman–Crippen LogP) is 7.97. The summed E-state index contributed by atoms with van der Waals surface area (Å²) in [7, 11) is 0. The quantitative estimate of drug-likeness (QED) is 0.291. The normalized spacial score (nSPS) is 11.4. The number of hydrogen-bond acceptors (Lipinski definition) is 6. The van der Waals surface area contributed by atoms with Crippen molar-refractivity contribution in [3.63, 3.8) is 0 Å². The average Bonchev–Trinajstić information content (AvgIpc) is 3.44. The van der Waals surface area contributed by atoms with Gasteiger partial charge in [0.15, 0.2) is 5.13 Å². The van der Waals surface area contributed by atoms with Crippen molar-refractivity contribution in [2.45, 2.75) is 33.6 Å². The number of anilines is 2. The number of rotatable bonds is 5. The van der Waals surface area contributed by atoms with Crippen molar-refractivity contribution in [2.75, 3.05) is 5.32 Å². The van der Waals surface area contributed by atoms with E-state index in [1.165, 1.54) is 22.3 Å². The molecule has 0 radical (unpaired) electrons.